The number of aliphatic hydroxyl groups excluding tert-OH is 1. The van der Waals surface area contributed by atoms with Crippen molar-refractivity contribution in [3.63, 3.8) is 0 Å². The summed E-state index contributed by atoms with van der Waals surface area (Å²) >= 11 is 0. The molecule has 1 aromatic rings. The first-order valence-electron chi connectivity index (χ1n) is 6.33. The number of pyridine rings is 1. The Kier molecular flexibility index (Phi) is 4.17. The maximum absolute atomic E-state index is 12.7. The van der Waals surface area contributed by atoms with Gasteiger partial charge in [-0.05, 0) is 25.8 Å². The number of rotatable bonds is 3. The Morgan fingerprint density at radius 2 is 2.30 bits per heavy atom. The number of carbonyl (C=O) groups excluding carboxylic acids is 1. The van der Waals surface area contributed by atoms with Crippen LogP contribution in [0.1, 0.15) is 41.1 Å². The van der Waals surface area contributed by atoms with Crippen LogP contribution in [0, 0.1) is 5.92 Å². The van der Waals surface area contributed by atoms with Gasteiger partial charge in [-0.1, -0.05) is 0 Å². The van der Waals surface area contributed by atoms with Crippen molar-refractivity contribution in [1.82, 2.24) is 4.98 Å². The average Bonchev–Trinajstić information content (AvgIpc) is 2.37. The van der Waals surface area contributed by atoms with E-state index < -0.39 is 30.0 Å². The van der Waals surface area contributed by atoms with Crippen molar-refractivity contribution >= 4 is 5.97 Å². The molecule has 0 saturated carbocycles. The average molecular weight is 287 g/mol. The van der Waals surface area contributed by atoms with Gasteiger partial charge in [-0.3, -0.25) is 4.79 Å². The topological polar surface area (TPSA) is 79.4 Å². The fourth-order valence-electron chi connectivity index (χ4n) is 2.36. The third-order valence-electron chi connectivity index (χ3n) is 3.36. The predicted octanol–water partition coefficient (Wildman–Crippen LogP) is 1.41. The zero-order valence-corrected chi connectivity index (χ0v) is 10.9. The number of alkyl halides is 2. The minimum Gasteiger partial charge on any atom is -0.462 e. The van der Waals surface area contributed by atoms with Crippen molar-refractivity contribution in [2.24, 2.45) is 5.92 Å². The molecule has 0 aromatic carbocycles. The van der Waals surface area contributed by atoms with E-state index in [2.05, 4.69) is 4.98 Å². The molecule has 0 saturated heterocycles. The molecule has 5 nitrogen and oxygen atoms in total. The Morgan fingerprint density at radius 3 is 2.90 bits per heavy atom. The molecule has 20 heavy (non-hydrogen) atoms. The summed E-state index contributed by atoms with van der Waals surface area (Å²) in [6.45, 7) is 1.72. The number of hydrogen-bond donors (Lipinski definition) is 2. The van der Waals surface area contributed by atoms with Crippen molar-refractivity contribution in [3.05, 3.63) is 33.2 Å². The van der Waals surface area contributed by atoms with Crippen molar-refractivity contribution in [3.8, 4) is 0 Å². The predicted molar refractivity (Wildman–Crippen MR) is 65.8 cm³/mol. The third kappa shape index (κ3) is 2.72. The van der Waals surface area contributed by atoms with Crippen LogP contribution in [-0.2, 0) is 11.2 Å². The number of esters is 1. The number of nitrogens with one attached hydrogen (secondary N) is 1. The quantitative estimate of drug-likeness (QED) is 0.824. The second kappa shape index (κ2) is 5.70. The van der Waals surface area contributed by atoms with Gasteiger partial charge in [0.25, 0.3) is 5.56 Å². The first-order valence-corrected chi connectivity index (χ1v) is 6.33. The van der Waals surface area contributed by atoms with E-state index in [0.29, 0.717) is 5.56 Å². The highest BCUT2D eigenvalue weighted by atomic mass is 19.3. The molecule has 7 heteroatoms. The van der Waals surface area contributed by atoms with Crippen LogP contribution in [0.4, 0.5) is 8.78 Å². The molecular weight excluding hydrogens is 272 g/mol. The van der Waals surface area contributed by atoms with Crippen molar-refractivity contribution < 1.29 is 23.4 Å². The summed E-state index contributed by atoms with van der Waals surface area (Å²) in [5, 5.41) is 9.90. The number of fused-ring (bicyclic) bond motifs is 1. The number of aromatic amines is 1. The van der Waals surface area contributed by atoms with Gasteiger partial charge in [0.05, 0.1) is 12.7 Å². The van der Waals surface area contributed by atoms with Crippen LogP contribution in [0.2, 0.25) is 0 Å². The fraction of sp³-hybridized carbons (Fsp3) is 0.538. The number of H-pyrrole nitrogens is 1. The van der Waals surface area contributed by atoms with Gasteiger partial charge in [-0.2, -0.15) is 0 Å². The molecule has 1 aromatic heterocycles. The molecule has 0 bridgehead atoms. The number of aromatic nitrogens is 1. The standard InChI is InChI=1S/C13H15F2NO4/c1-2-20-13(19)8-5-7-9(16-12(8)18)3-6(11(14)15)4-10(7)17/h5-6,10-11,17H,2-4H2,1H3,(H,16,18)/t6-,10+/m1/s1. The third-order valence-corrected chi connectivity index (χ3v) is 3.36. The van der Waals surface area contributed by atoms with Gasteiger partial charge in [0.1, 0.15) is 5.56 Å². The molecule has 0 unspecified atom stereocenters. The normalized spacial score (nSPS) is 21.6. The monoisotopic (exact) mass is 287 g/mol. The molecule has 0 amide bonds. The molecule has 2 N–H and O–H groups in total. The lowest BCUT2D eigenvalue weighted by Crippen LogP contribution is -2.30. The lowest BCUT2D eigenvalue weighted by Gasteiger charge is -2.27. The zero-order chi connectivity index (χ0) is 14.9. The molecule has 110 valence electrons. The number of ether oxygens (including phenoxy) is 1. The van der Waals surface area contributed by atoms with Crippen LogP contribution in [0.3, 0.4) is 0 Å². The van der Waals surface area contributed by atoms with Gasteiger partial charge in [0.2, 0.25) is 6.43 Å². The Balaban J connectivity index is 2.40. The summed E-state index contributed by atoms with van der Waals surface area (Å²) in [5.74, 6) is -1.79. The number of carbonyl (C=O) groups is 1. The molecule has 0 radical (unpaired) electrons. The molecule has 1 aliphatic carbocycles. The van der Waals surface area contributed by atoms with Crippen molar-refractivity contribution in [1.29, 1.82) is 0 Å². The summed E-state index contributed by atoms with van der Waals surface area (Å²) in [7, 11) is 0. The van der Waals surface area contributed by atoms with E-state index >= 15 is 0 Å². The number of hydrogen-bond acceptors (Lipinski definition) is 4. The van der Waals surface area contributed by atoms with E-state index in [1.54, 1.807) is 6.92 Å². The first kappa shape index (κ1) is 14.6. The van der Waals surface area contributed by atoms with E-state index in [-0.39, 0.29) is 30.7 Å². The minimum atomic E-state index is -2.56. The second-order valence-corrected chi connectivity index (χ2v) is 4.72. The van der Waals surface area contributed by atoms with E-state index in [4.69, 9.17) is 4.74 Å². The highest BCUT2D eigenvalue weighted by molar-refractivity contribution is 5.89. The van der Waals surface area contributed by atoms with Crippen molar-refractivity contribution in [2.75, 3.05) is 6.61 Å². The molecule has 2 rings (SSSR count). The summed E-state index contributed by atoms with van der Waals surface area (Å²) < 4.78 is 30.2. The number of halogens is 2. The molecule has 0 fully saturated rings. The van der Waals surface area contributed by atoms with E-state index in [9.17, 15) is 23.5 Å². The minimum absolute atomic E-state index is 0.0254. The maximum atomic E-state index is 12.7. The van der Waals surface area contributed by atoms with Crippen molar-refractivity contribution in [2.45, 2.75) is 32.3 Å². The van der Waals surface area contributed by atoms with Gasteiger partial charge in [-0.15, -0.1) is 0 Å². The molecule has 1 aliphatic rings. The Hall–Kier alpha value is -1.76. The van der Waals surface area contributed by atoms with Crippen LogP contribution in [-0.4, -0.2) is 29.1 Å². The zero-order valence-electron chi connectivity index (χ0n) is 10.9. The van der Waals surface area contributed by atoms with Crippen LogP contribution in [0.5, 0.6) is 0 Å². The second-order valence-electron chi connectivity index (χ2n) is 4.72. The molecule has 1 heterocycles. The highest BCUT2D eigenvalue weighted by Crippen LogP contribution is 2.34. The summed E-state index contributed by atoms with van der Waals surface area (Å²) in [4.78, 5) is 25.8. The van der Waals surface area contributed by atoms with Gasteiger partial charge in [0.15, 0.2) is 0 Å². The van der Waals surface area contributed by atoms with E-state index in [0.717, 1.165) is 0 Å². The van der Waals surface area contributed by atoms with Crippen LogP contribution >= 0.6 is 0 Å². The fourth-order valence-corrected chi connectivity index (χ4v) is 2.36. The van der Waals surface area contributed by atoms with Gasteiger partial charge in [0, 0.05) is 17.2 Å². The molecular formula is C13H15F2NO4. The summed E-state index contributed by atoms with van der Waals surface area (Å²) in [6, 6.07) is 1.23. The van der Waals surface area contributed by atoms with E-state index in [1.165, 1.54) is 6.07 Å². The Bertz CT molecular complexity index is 570. The SMILES string of the molecule is CCOC(=O)c1cc2c([nH]c1=O)C[C@@H](C(F)F)C[C@@H]2O. The number of aliphatic hydroxyl groups is 1. The lowest BCUT2D eigenvalue weighted by molar-refractivity contribution is 0.0290. The van der Waals surface area contributed by atoms with Crippen LogP contribution in [0.15, 0.2) is 10.9 Å². The smallest absolute Gasteiger partial charge is 0.343 e. The van der Waals surface area contributed by atoms with E-state index in [1.807, 2.05) is 0 Å². The molecule has 0 aliphatic heterocycles. The summed E-state index contributed by atoms with van der Waals surface area (Å²) in [5.41, 5.74) is -0.346. The maximum Gasteiger partial charge on any atom is 0.343 e. The largest absolute Gasteiger partial charge is 0.462 e. The van der Waals surface area contributed by atoms with Crippen LogP contribution in [0.25, 0.3) is 0 Å². The van der Waals surface area contributed by atoms with Gasteiger partial charge in [-0.25, -0.2) is 13.6 Å². The summed E-state index contributed by atoms with van der Waals surface area (Å²) in [6.07, 6.45) is -3.81. The molecule has 0 spiro atoms. The van der Waals surface area contributed by atoms with Gasteiger partial charge < -0.3 is 14.8 Å². The Labute approximate surface area is 113 Å². The Morgan fingerprint density at radius 1 is 1.60 bits per heavy atom. The first-order chi connectivity index (χ1) is 9.43. The lowest BCUT2D eigenvalue weighted by atomic mass is 9.84. The highest BCUT2D eigenvalue weighted by Gasteiger charge is 2.33. The molecule has 2 atom stereocenters. The van der Waals surface area contributed by atoms with Crippen LogP contribution < -0.4 is 5.56 Å². The van der Waals surface area contributed by atoms with Gasteiger partial charge >= 0.3 is 5.97 Å².